The first-order valence-corrected chi connectivity index (χ1v) is 7.54. The molecule has 1 aromatic heterocycles. The van der Waals surface area contributed by atoms with Crippen molar-refractivity contribution < 1.29 is 13.6 Å². The first-order valence-electron chi connectivity index (χ1n) is 7.16. The summed E-state index contributed by atoms with van der Waals surface area (Å²) in [6.45, 7) is 2.01. The number of pyridine rings is 1. The Morgan fingerprint density at radius 1 is 1.09 bits per heavy atom. The topological polar surface area (TPSA) is 36.4 Å². The van der Waals surface area contributed by atoms with Gasteiger partial charge in [0.1, 0.15) is 11.6 Å². The second-order valence-corrected chi connectivity index (χ2v) is 5.63. The molecular formula is C16H14ClF2N3O. The molecule has 1 saturated heterocycles. The number of rotatable bonds is 2. The van der Waals surface area contributed by atoms with Gasteiger partial charge in [-0.15, -0.1) is 0 Å². The number of carbonyl (C=O) groups is 1. The summed E-state index contributed by atoms with van der Waals surface area (Å²) in [6.07, 6.45) is 0. The maximum atomic E-state index is 13.2. The van der Waals surface area contributed by atoms with E-state index in [9.17, 15) is 13.6 Å². The van der Waals surface area contributed by atoms with E-state index in [1.165, 1.54) is 18.2 Å². The summed E-state index contributed by atoms with van der Waals surface area (Å²) < 4.78 is 26.2. The van der Waals surface area contributed by atoms with Crippen molar-refractivity contribution in [2.75, 3.05) is 31.1 Å². The maximum absolute atomic E-state index is 13.2. The van der Waals surface area contributed by atoms with Crippen LogP contribution in [0.2, 0.25) is 5.02 Å². The molecule has 0 aliphatic carbocycles. The van der Waals surface area contributed by atoms with Crippen LogP contribution in [0, 0.1) is 11.8 Å². The summed E-state index contributed by atoms with van der Waals surface area (Å²) in [5.41, 5.74) is 0.283. The standard InChI is InChI=1S/C16H14ClF2N3O/c17-13-10-11(18)4-5-12(13)16(23)22-8-6-21(7-9-22)15-3-1-2-14(19)20-15/h1-5,10H,6-9H2. The molecule has 0 unspecified atom stereocenters. The van der Waals surface area contributed by atoms with Crippen molar-refractivity contribution in [1.29, 1.82) is 0 Å². The van der Waals surface area contributed by atoms with Gasteiger partial charge in [-0.3, -0.25) is 4.79 Å². The Balaban J connectivity index is 1.68. The van der Waals surface area contributed by atoms with Crippen LogP contribution in [0.5, 0.6) is 0 Å². The van der Waals surface area contributed by atoms with E-state index in [4.69, 9.17) is 11.6 Å². The van der Waals surface area contributed by atoms with Gasteiger partial charge in [-0.2, -0.15) is 4.39 Å². The second kappa shape index (κ2) is 6.50. The molecule has 1 aromatic carbocycles. The molecule has 0 atom stereocenters. The highest BCUT2D eigenvalue weighted by molar-refractivity contribution is 6.33. The monoisotopic (exact) mass is 337 g/mol. The Morgan fingerprint density at radius 2 is 1.83 bits per heavy atom. The van der Waals surface area contributed by atoms with Gasteiger partial charge in [0.15, 0.2) is 0 Å². The normalized spacial score (nSPS) is 14.9. The number of nitrogens with zero attached hydrogens (tertiary/aromatic N) is 3. The number of anilines is 1. The lowest BCUT2D eigenvalue weighted by Gasteiger charge is -2.35. The van der Waals surface area contributed by atoms with Crippen LogP contribution in [0.25, 0.3) is 0 Å². The molecule has 2 heterocycles. The smallest absolute Gasteiger partial charge is 0.255 e. The van der Waals surface area contributed by atoms with Crippen molar-refractivity contribution in [1.82, 2.24) is 9.88 Å². The molecule has 120 valence electrons. The van der Waals surface area contributed by atoms with Crippen LogP contribution in [-0.4, -0.2) is 42.0 Å². The zero-order valence-corrected chi connectivity index (χ0v) is 12.9. The van der Waals surface area contributed by atoms with Crippen LogP contribution in [0.1, 0.15) is 10.4 Å². The second-order valence-electron chi connectivity index (χ2n) is 5.22. The molecular weight excluding hydrogens is 324 g/mol. The van der Waals surface area contributed by atoms with E-state index < -0.39 is 11.8 Å². The molecule has 1 aliphatic rings. The molecule has 2 aromatic rings. The van der Waals surface area contributed by atoms with Gasteiger partial charge in [0.05, 0.1) is 10.6 Å². The van der Waals surface area contributed by atoms with E-state index in [0.717, 1.165) is 6.07 Å². The molecule has 1 amide bonds. The van der Waals surface area contributed by atoms with Crippen LogP contribution in [0.3, 0.4) is 0 Å². The number of hydrogen-bond acceptors (Lipinski definition) is 3. The van der Waals surface area contributed by atoms with E-state index in [1.54, 1.807) is 17.0 Å². The number of hydrogen-bond donors (Lipinski definition) is 0. The van der Waals surface area contributed by atoms with Gasteiger partial charge in [0, 0.05) is 26.2 Å². The molecule has 3 rings (SSSR count). The highest BCUT2D eigenvalue weighted by atomic mass is 35.5. The van der Waals surface area contributed by atoms with Crippen molar-refractivity contribution >= 4 is 23.3 Å². The molecule has 7 heteroatoms. The fourth-order valence-corrected chi connectivity index (χ4v) is 2.79. The number of benzene rings is 1. The van der Waals surface area contributed by atoms with Crippen molar-refractivity contribution in [3.05, 3.63) is 58.7 Å². The minimum absolute atomic E-state index is 0.101. The molecule has 0 N–H and O–H groups in total. The van der Waals surface area contributed by atoms with Gasteiger partial charge in [-0.1, -0.05) is 17.7 Å². The van der Waals surface area contributed by atoms with Gasteiger partial charge in [0.25, 0.3) is 5.91 Å². The molecule has 0 bridgehead atoms. The molecule has 23 heavy (non-hydrogen) atoms. The Labute approximate surface area is 137 Å². The lowest BCUT2D eigenvalue weighted by atomic mass is 10.1. The number of aromatic nitrogens is 1. The van der Waals surface area contributed by atoms with E-state index in [2.05, 4.69) is 4.98 Å². The van der Waals surface area contributed by atoms with Crippen molar-refractivity contribution in [3.8, 4) is 0 Å². The van der Waals surface area contributed by atoms with E-state index in [0.29, 0.717) is 32.0 Å². The van der Waals surface area contributed by atoms with Gasteiger partial charge in [0.2, 0.25) is 5.95 Å². The number of halogens is 3. The minimum atomic E-state index is -0.529. The highest BCUT2D eigenvalue weighted by Gasteiger charge is 2.24. The summed E-state index contributed by atoms with van der Waals surface area (Å²) in [4.78, 5) is 19.9. The molecule has 0 saturated carbocycles. The highest BCUT2D eigenvalue weighted by Crippen LogP contribution is 2.21. The average molecular weight is 338 g/mol. The average Bonchev–Trinajstić information content (AvgIpc) is 2.54. The van der Waals surface area contributed by atoms with E-state index in [-0.39, 0.29) is 16.5 Å². The van der Waals surface area contributed by atoms with E-state index >= 15 is 0 Å². The minimum Gasteiger partial charge on any atom is -0.353 e. The van der Waals surface area contributed by atoms with Crippen LogP contribution in [-0.2, 0) is 0 Å². The Morgan fingerprint density at radius 3 is 2.48 bits per heavy atom. The molecule has 0 radical (unpaired) electrons. The quantitative estimate of drug-likeness (QED) is 0.791. The maximum Gasteiger partial charge on any atom is 0.255 e. The molecule has 0 spiro atoms. The summed E-state index contributed by atoms with van der Waals surface area (Å²) in [5, 5.41) is 0.101. The fourth-order valence-electron chi connectivity index (χ4n) is 2.55. The lowest BCUT2D eigenvalue weighted by Crippen LogP contribution is -2.49. The van der Waals surface area contributed by atoms with Crippen molar-refractivity contribution in [2.24, 2.45) is 0 Å². The zero-order chi connectivity index (χ0) is 16.4. The Hall–Kier alpha value is -2.21. The third-order valence-corrected chi connectivity index (χ3v) is 4.07. The predicted octanol–water partition coefficient (Wildman–Crippen LogP) is 2.98. The van der Waals surface area contributed by atoms with Crippen LogP contribution < -0.4 is 4.90 Å². The molecule has 4 nitrogen and oxygen atoms in total. The summed E-state index contributed by atoms with van der Waals surface area (Å²) >= 11 is 5.94. The number of piperazine rings is 1. The third kappa shape index (κ3) is 3.42. The molecule has 1 aliphatic heterocycles. The number of carbonyl (C=O) groups excluding carboxylic acids is 1. The fraction of sp³-hybridized carbons (Fsp3) is 0.250. The van der Waals surface area contributed by atoms with Gasteiger partial charge in [-0.25, -0.2) is 9.37 Å². The Kier molecular flexibility index (Phi) is 4.43. The first-order chi connectivity index (χ1) is 11.0. The van der Waals surface area contributed by atoms with Crippen LogP contribution in [0.15, 0.2) is 36.4 Å². The number of amides is 1. The largest absolute Gasteiger partial charge is 0.353 e. The third-order valence-electron chi connectivity index (χ3n) is 3.75. The first kappa shape index (κ1) is 15.7. The Bertz CT molecular complexity index is 733. The SMILES string of the molecule is O=C(c1ccc(F)cc1Cl)N1CCN(c2cccc(F)n2)CC1. The lowest BCUT2D eigenvalue weighted by molar-refractivity contribution is 0.0746. The van der Waals surface area contributed by atoms with Crippen LogP contribution in [0.4, 0.5) is 14.6 Å². The van der Waals surface area contributed by atoms with Gasteiger partial charge in [-0.05, 0) is 30.3 Å². The van der Waals surface area contributed by atoms with Crippen molar-refractivity contribution in [3.63, 3.8) is 0 Å². The van der Waals surface area contributed by atoms with Crippen LogP contribution >= 0.6 is 11.6 Å². The summed E-state index contributed by atoms with van der Waals surface area (Å²) in [5.74, 6) is -0.689. The van der Waals surface area contributed by atoms with E-state index in [1.807, 2.05) is 4.90 Å². The van der Waals surface area contributed by atoms with Gasteiger partial charge >= 0.3 is 0 Å². The zero-order valence-electron chi connectivity index (χ0n) is 12.2. The summed E-state index contributed by atoms with van der Waals surface area (Å²) in [7, 11) is 0. The van der Waals surface area contributed by atoms with Gasteiger partial charge < -0.3 is 9.80 Å². The van der Waals surface area contributed by atoms with Crippen molar-refractivity contribution in [2.45, 2.75) is 0 Å². The predicted molar refractivity (Wildman–Crippen MR) is 83.7 cm³/mol. The molecule has 1 fully saturated rings. The summed E-state index contributed by atoms with van der Waals surface area (Å²) in [6, 6.07) is 8.36.